The Hall–Kier alpha value is -1.58. The first-order chi connectivity index (χ1) is 7.77. The number of halogens is 2. The Balaban J connectivity index is 0.00000144. The molecule has 88 valence electrons. The van der Waals surface area contributed by atoms with Gasteiger partial charge in [0.25, 0.3) is 5.91 Å². The molecule has 0 aliphatic heterocycles. The van der Waals surface area contributed by atoms with Gasteiger partial charge in [-0.2, -0.15) is 0 Å². The van der Waals surface area contributed by atoms with Gasteiger partial charge in [0.1, 0.15) is 0 Å². The molecule has 1 aromatic heterocycles. The number of carbonyl (C=O) groups excluding carboxylic acids is 1. The first-order valence-corrected chi connectivity index (χ1v) is 5.11. The van der Waals surface area contributed by atoms with Gasteiger partial charge in [-0.1, -0.05) is 29.8 Å². The van der Waals surface area contributed by atoms with Crippen LogP contribution in [0, 0.1) is 0 Å². The molecule has 0 unspecified atom stereocenters. The van der Waals surface area contributed by atoms with Crippen LogP contribution in [0.3, 0.4) is 0 Å². The number of rotatable bonds is 2. The number of hydrogen-bond donors (Lipinski definition) is 1. The minimum atomic E-state index is -0.260. The molecule has 1 heterocycles. The third-order valence-corrected chi connectivity index (χ3v) is 2.37. The normalized spacial score (nSPS) is 9.24. The maximum absolute atomic E-state index is 11.8. The molecule has 1 aromatic carbocycles. The maximum Gasteiger partial charge on any atom is 0.258 e. The first-order valence-electron chi connectivity index (χ1n) is 4.73. The van der Waals surface area contributed by atoms with Gasteiger partial charge in [0, 0.05) is 18.1 Å². The van der Waals surface area contributed by atoms with E-state index in [1.54, 1.807) is 12.3 Å². The molecule has 0 spiro atoms. The monoisotopic (exact) mass is 268 g/mol. The molecule has 0 aliphatic rings. The van der Waals surface area contributed by atoms with Crippen molar-refractivity contribution in [1.29, 1.82) is 0 Å². The number of carbonyl (C=O) groups is 1. The Bertz CT molecular complexity index is 503. The Morgan fingerprint density at radius 3 is 2.53 bits per heavy atom. The van der Waals surface area contributed by atoms with Crippen LogP contribution in [-0.4, -0.2) is 10.9 Å². The van der Waals surface area contributed by atoms with Gasteiger partial charge in [-0.25, -0.2) is 0 Å². The summed E-state index contributed by atoms with van der Waals surface area (Å²) in [4.78, 5) is 15.7. The van der Waals surface area contributed by atoms with Crippen molar-refractivity contribution in [2.45, 2.75) is 0 Å². The lowest BCUT2D eigenvalue weighted by molar-refractivity contribution is 0.102. The summed E-state index contributed by atoms with van der Waals surface area (Å²) in [6.07, 6.45) is 2.99. The van der Waals surface area contributed by atoms with Crippen molar-refractivity contribution in [3.63, 3.8) is 0 Å². The van der Waals surface area contributed by atoms with Crippen molar-refractivity contribution in [2.24, 2.45) is 0 Å². The van der Waals surface area contributed by atoms with E-state index in [0.29, 0.717) is 10.6 Å². The van der Waals surface area contributed by atoms with Gasteiger partial charge >= 0.3 is 0 Å². The number of amides is 1. The average molecular weight is 269 g/mol. The van der Waals surface area contributed by atoms with Gasteiger partial charge in [0.15, 0.2) is 0 Å². The third-order valence-electron chi connectivity index (χ3n) is 2.04. The predicted molar refractivity (Wildman–Crippen MR) is 70.9 cm³/mol. The molecule has 0 aliphatic carbocycles. The molecule has 5 heteroatoms. The molecule has 17 heavy (non-hydrogen) atoms. The van der Waals surface area contributed by atoms with Crippen molar-refractivity contribution >= 4 is 35.6 Å². The van der Waals surface area contributed by atoms with E-state index in [9.17, 15) is 4.79 Å². The summed E-state index contributed by atoms with van der Waals surface area (Å²) in [5.74, 6) is -0.260. The zero-order chi connectivity index (χ0) is 11.4. The quantitative estimate of drug-likeness (QED) is 0.907. The topological polar surface area (TPSA) is 42.0 Å². The van der Waals surface area contributed by atoms with Crippen molar-refractivity contribution in [1.82, 2.24) is 4.98 Å². The van der Waals surface area contributed by atoms with E-state index in [-0.39, 0.29) is 18.3 Å². The number of nitrogens with zero attached hydrogens (tertiary/aromatic N) is 1. The molecule has 3 nitrogen and oxygen atoms in total. The number of para-hydroxylation sites is 1. The molecular formula is C12H10Cl2N2O. The maximum atomic E-state index is 11.8. The SMILES string of the molecule is Cl.O=C(Nc1ccccc1)c1cnccc1Cl. The van der Waals surface area contributed by atoms with Crippen LogP contribution in [0.4, 0.5) is 5.69 Å². The second-order valence-corrected chi connectivity index (χ2v) is 3.58. The molecule has 0 fully saturated rings. The molecule has 0 saturated heterocycles. The Kier molecular flexibility index (Phi) is 4.94. The van der Waals surface area contributed by atoms with E-state index in [2.05, 4.69) is 10.3 Å². The van der Waals surface area contributed by atoms with Crippen LogP contribution in [-0.2, 0) is 0 Å². The van der Waals surface area contributed by atoms with E-state index in [0.717, 1.165) is 5.69 Å². The summed E-state index contributed by atoms with van der Waals surface area (Å²) in [5, 5.41) is 3.13. The Morgan fingerprint density at radius 1 is 1.18 bits per heavy atom. The van der Waals surface area contributed by atoms with Crippen LogP contribution >= 0.6 is 24.0 Å². The fraction of sp³-hybridized carbons (Fsp3) is 0. The van der Waals surface area contributed by atoms with Crippen LogP contribution in [0.2, 0.25) is 5.02 Å². The lowest BCUT2D eigenvalue weighted by atomic mass is 10.2. The van der Waals surface area contributed by atoms with Crippen LogP contribution in [0.25, 0.3) is 0 Å². The Morgan fingerprint density at radius 2 is 1.88 bits per heavy atom. The first kappa shape index (κ1) is 13.5. The lowest BCUT2D eigenvalue weighted by Gasteiger charge is -2.05. The molecule has 1 N–H and O–H groups in total. The lowest BCUT2D eigenvalue weighted by Crippen LogP contribution is -2.12. The second-order valence-electron chi connectivity index (χ2n) is 3.18. The Labute approximate surface area is 110 Å². The summed E-state index contributed by atoms with van der Waals surface area (Å²) >= 11 is 5.88. The summed E-state index contributed by atoms with van der Waals surface area (Å²) < 4.78 is 0. The summed E-state index contributed by atoms with van der Waals surface area (Å²) in [5.41, 5.74) is 1.10. The highest BCUT2D eigenvalue weighted by Gasteiger charge is 2.09. The number of anilines is 1. The highest BCUT2D eigenvalue weighted by Crippen LogP contribution is 2.15. The number of nitrogens with one attached hydrogen (secondary N) is 1. The summed E-state index contributed by atoms with van der Waals surface area (Å²) in [7, 11) is 0. The number of hydrogen-bond acceptors (Lipinski definition) is 2. The van der Waals surface area contributed by atoms with E-state index >= 15 is 0 Å². The molecule has 2 rings (SSSR count). The minimum absolute atomic E-state index is 0. The average Bonchev–Trinajstić information content (AvgIpc) is 2.31. The molecule has 1 amide bonds. The molecule has 0 bridgehead atoms. The molecular weight excluding hydrogens is 259 g/mol. The van der Waals surface area contributed by atoms with Crippen molar-refractivity contribution in [3.8, 4) is 0 Å². The van der Waals surface area contributed by atoms with Crippen LogP contribution in [0.5, 0.6) is 0 Å². The van der Waals surface area contributed by atoms with Gasteiger partial charge in [-0.15, -0.1) is 12.4 Å². The zero-order valence-electron chi connectivity index (χ0n) is 8.76. The van der Waals surface area contributed by atoms with Crippen LogP contribution in [0.15, 0.2) is 48.8 Å². The van der Waals surface area contributed by atoms with Crippen molar-refractivity contribution < 1.29 is 4.79 Å². The van der Waals surface area contributed by atoms with Gasteiger partial charge in [0.05, 0.1) is 10.6 Å². The minimum Gasteiger partial charge on any atom is -0.322 e. The van der Waals surface area contributed by atoms with Gasteiger partial charge in [-0.05, 0) is 18.2 Å². The molecule has 0 atom stereocenters. The van der Waals surface area contributed by atoms with Crippen LogP contribution in [0.1, 0.15) is 10.4 Å². The standard InChI is InChI=1S/C12H9ClN2O.ClH/c13-11-6-7-14-8-10(11)12(16)15-9-4-2-1-3-5-9;/h1-8H,(H,15,16);1H. The molecule has 0 saturated carbocycles. The highest BCUT2D eigenvalue weighted by atomic mass is 35.5. The number of benzene rings is 1. The van der Waals surface area contributed by atoms with Gasteiger partial charge < -0.3 is 5.32 Å². The smallest absolute Gasteiger partial charge is 0.258 e. The fourth-order valence-corrected chi connectivity index (χ4v) is 1.46. The van der Waals surface area contributed by atoms with E-state index in [4.69, 9.17) is 11.6 Å². The second kappa shape index (κ2) is 6.23. The third kappa shape index (κ3) is 3.44. The largest absolute Gasteiger partial charge is 0.322 e. The van der Waals surface area contributed by atoms with Crippen molar-refractivity contribution in [2.75, 3.05) is 5.32 Å². The molecule has 2 aromatic rings. The summed E-state index contributed by atoms with van der Waals surface area (Å²) in [6.45, 7) is 0. The van der Waals surface area contributed by atoms with Crippen molar-refractivity contribution in [3.05, 3.63) is 59.4 Å². The highest BCUT2D eigenvalue weighted by molar-refractivity contribution is 6.34. The fourth-order valence-electron chi connectivity index (χ4n) is 1.26. The van der Waals surface area contributed by atoms with Gasteiger partial charge in [0.2, 0.25) is 0 Å². The number of pyridine rings is 1. The van der Waals surface area contributed by atoms with Gasteiger partial charge in [-0.3, -0.25) is 9.78 Å². The number of aromatic nitrogens is 1. The predicted octanol–water partition coefficient (Wildman–Crippen LogP) is 3.41. The summed E-state index contributed by atoms with van der Waals surface area (Å²) in [6, 6.07) is 10.8. The van der Waals surface area contributed by atoms with E-state index in [1.807, 2.05) is 30.3 Å². The molecule has 0 radical (unpaired) electrons. The zero-order valence-corrected chi connectivity index (χ0v) is 10.3. The van der Waals surface area contributed by atoms with E-state index in [1.165, 1.54) is 6.20 Å². The van der Waals surface area contributed by atoms with E-state index < -0.39 is 0 Å². The van der Waals surface area contributed by atoms with Crippen LogP contribution < -0.4 is 5.32 Å².